The van der Waals surface area contributed by atoms with Crippen molar-refractivity contribution in [2.45, 2.75) is 122 Å². The molecule has 0 unspecified atom stereocenters. The van der Waals surface area contributed by atoms with E-state index in [0.717, 1.165) is 32.1 Å². The van der Waals surface area contributed by atoms with E-state index >= 15 is 0 Å². The molecule has 38 heavy (non-hydrogen) atoms. The summed E-state index contributed by atoms with van der Waals surface area (Å²) in [5.74, 6) is -0.914. The molecule has 0 amide bonds. The number of carbonyl (C=O) groups excluding carboxylic acids is 2. The molecule has 0 radical (unpaired) electrons. The lowest BCUT2D eigenvalue weighted by Crippen LogP contribution is -2.63. The molecule has 4 aliphatic heterocycles. The van der Waals surface area contributed by atoms with Crippen LogP contribution in [0.25, 0.3) is 0 Å². The molecule has 3 saturated heterocycles. The van der Waals surface area contributed by atoms with Crippen LogP contribution in [-0.2, 0) is 33.6 Å². The minimum absolute atomic E-state index is 0.000675. The summed E-state index contributed by atoms with van der Waals surface area (Å²) in [5, 5.41) is 12.3. The number of hydrogen-bond acceptors (Lipinski definition) is 8. The van der Waals surface area contributed by atoms with E-state index in [1.54, 1.807) is 0 Å². The number of rotatable bonds is 0. The predicted molar refractivity (Wildman–Crippen MR) is 134 cm³/mol. The Kier molecular flexibility index (Phi) is 4.90. The first-order chi connectivity index (χ1) is 17.7. The molecule has 0 aromatic carbocycles. The standard InChI is InChI=1S/C30H42O8/c1-16-12-29(13-17(2)24(32)36-29)34-18-14-27(6)20-8-7-19-25(3,4)35-22(31)11-21-30(19,33)15-28(20,38-37-21)10-9-26(27,5)23(16)18/h11,16-20,23,33H,7-10,12-15H2,1-6H3/t16-,17-,18-,19+,20+,23+,26-,27+,28-,29+,30-/m1/s1. The second-order valence-electron chi connectivity index (χ2n) is 14.9. The van der Waals surface area contributed by atoms with Crippen molar-refractivity contribution in [3.8, 4) is 0 Å². The van der Waals surface area contributed by atoms with Gasteiger partial charge in [-0.15, -0.1) is 0 Å². The zero-order chi connectivity index (χ0) is 27.1. The first kappa shape index (κ1) is 25.3. The molecule has 8 heteroatoms. The van der Waals surface area contributed by atoms with Crippen LogP contribution in [0.1, 0.15) is 92.9 Å². The topological polar surface area (TPSA) is 101 Å². The fraction of sp³-hybridized carbons (Fsp3) is 0.867. The van der Waals surface area contributed by atoms with Gasteiger partial charge in [0.2, 0.25) is 5.79 Å². The highest BCUT2D eigenvalue weighted by atomic mass is 17.2. The van der Waals surface area contributed by atoms with Crippen LogP contribution >= 0.6 is 0 Å². The average Bonchev–Trinajstić information content (AvgIpc) is 3.11. The van der Waals surface area contributed by atoms with Crippen LogP contribution in [0.2, 0.25) is 0 Å². The Morgan fingerprint density at radius 3 is 2.37 bits per heavy atom. The molecule has 8 nitrogen and oxygen atoms in total. The van der Waals surface area contributed by atoms with Gasteiger partial charge < -0.3 is 24.2 Å². The molecular weight excluding hydrogens is 488 g/mol. The summed E-state index contributed by atoms with van der Waals surface area (Å²) in [7, 11) is 0. The average molecular weight is 531 g/mol. The lowest BCUT2D eigenvalue weighted by molar-refractivity contribution is -0.413. The molecule has 0 aromatic heterocycles. The SMILES string of the molecule is C[C@@H]1C[C@]2(C[C@@H](C)[C@H]3[C@@H](C[C@@]4(C)[C@@H]5CC[C@H]6C(C)(C)OC(=O)C=C7OO[C@]5(CC[C@]34C)C[C@]76O)O2)OC1=O. The van der Waals surface area contributed by atoms with E-state index in [0.29, 0.717) is 31.1 Å². The fourth-order valence-electron chi connectivity index (χ4n) is 11.0. The van der Waals surface area contributed by atoms with Crippen molar-refractivity contribution in [3.05, 3.63) is 11.8 Å². The highest BCUT2D eigenvalue weighted by molar-refractivity contribution is 5.83. The van der Waals surface area contributed by atoms with Gasteiger partial charge in [0.05, 0.1) is 18.1 Å². The van der Waals surface area contributed by atoms with Crippen LogP contribution in [0.4, 0.5) is 0 Å². The zero-order valence-electron chi connectivity index (χ0n) is 23.5. The second-order valence-corrected chi connectivity index (χ2v) is 14.9. The van der Waals surface area contributed by atoms with E-state index in [9.17, 15) is 14.7 Å². The molecule has 6 fully saturated rings. The summed E-state index contributed by atoms with van der Waals surface area (Å²) in [6.07, 6.45) is 7.10. The van der Waals surface area contributed by atoms with E-state index in [1.807, 2.05) is 20.8 Å². The Labute approximate surface area is 224 Å². The maximum Gasteiger partial charge on any atom is 0.334 e. The van der Waals surface area contributed by atoms with Gasteiger partial charge >= 0.3 is 11.9 Å². The number of carbonyl (C=O) groups is 2. The summed E-state index contributed by atoms with van der Waals surface area (Å²) < 4.78 is 18.5. The lowest BCUT2D eigenvalue weighted by atomic mass is 9.46. The van der Waals surface area contributed by atoms with Gasteiger partial charge in [0.25, 0.3) is 0 Å². The molecule has 2 bridgehead atoms. The predicted octanol–water partition coefficient (Wildman–Crippen LogP) is 4.58. The molecule has 4 heterocycles. The fourth-order valence-corrected chi connectivity index (χ4v) is 11.0. The van der Waals surface area contributed by atoms with Gasteiger partial charge in [0, 0.05) is 25.2 Å². The quantitative estimate of drug-likeness (QED) is 0.359. The number of fused-ring (bicyclic) bond motifs is 4. The Morgan fingerprint density at radius 1 is 0.921 bits per heavy atom. The maximum absolute atomic E-state index is 12.5. The first-order valence-corrected chi connectivity index (χ1v) is 14.6. The summed E-state index contributed by atoms with van der Waals surface area (Å²) >= 11 is 0. The highest BCUT2D eigenvalue weighted by Crippen LogP contribution is 2.74. The van der Waals surface area contributed by atoms with Crippen molar-refractivity contribution in [1.29, 1.82) is 0 Å². The van der Waals surface area contributed by atoms with Gasteiger partial charge in [-0.2, -0.15) is 4.89 Å². The Bertz CT molecular complexity index is 1130. The van der Waals surface area contributed by atoms with Gasteiger partial charge in [-0.05, 0) is 74.5 Å². The van der Waals surface area contributed by atoms with Crippen molar-refractivity contribution in [2.24, 2.45) is 40.4 Å². The van der Waals surface area contributed by atoms with Crippen molar-refractivity contribution >= 4 is 11.9 Å². The minimum Gasteiger partial charge on any atom is -0.456 e. The molecule has 1 N–H and O–H groups in total. The molecule has 7 rings (SSSR count). The molecule has 210 valence electrons. The minimum atomic E-state index is -1.33. The van der Waals surface area contributed by atoms with Crippen molar-refractivity contribution < 1.29 is 38.7 Å². The molecule has 3 aliphatic carbocycles. The monoisotopic (exact) mass is 530 g/mol. The molecule has 2 spiro atoms. The largest absolute Gasteiger partial charge is 0.456 e. The van der Waals surface area contributed by atoms with Crippen molar-refractivity contribution in [1.82, 2.24) is 0 Å². The zero-order valence-corrected chi connectivity index (χ0v) is 23.5. The number of aliphatic hydroxyl groups is 1. The summed E-state index contributed by atoms with van der Waals surface area (Å²) in [6, 6.07) is 0. The molecule has 3 saturated carbocycles. The van der Waals surface area contributed by atoms with Crippen molar-refractivity contribution in [3.63, 3.8) is 0 Å². The number of cyclic esters (lactones) is 1. The van der Waals surface area contributed by atoms with Crippen LogP contribution in [0.5, 0.6) is 0 Å². The van der Waals surface area contributed by atoms with Gasteiger partial charge in [-0.25, -0.2) is 4.79 Å². The van der Waals surface area contributed by atoms with E-state index in [2.05, 4.69) is 20.8 Å². The van der Waals surface area contributed by atoms with Gasteiger partial charge in [-0.3, -0.25) is 4.79 Å². The number of esters is 2. The van der Waals surface area contributed by atoms with E-state index in [-0.39, 0.29) is 46.4 Å². The van der Waals surface area contributed by atoms with Crippen molar-refractivity contribution in [2.75, 3.05) is 0 Å². The number of ether oxygens (including phenoxy) is 3. The smallest absolute Gasteiger partial charge is 0.334 e. The van der Waals surface area contributed by atoms with Crippen LogP contribution < -0.4 is 0 Å². The van der Waals surface area contributed by atoms with Gasteiger partial charge in [0.1, 0.15) is 16.8 Å². The maximum atomic E-state index is 12.5. The molecule has 0 aromatic rings. The normalized spacial score (nSPS) is 56.3. The van der Waals surface area contributed by atoms with E-state index in [4.69, 9.17) is 24.0 Å². The first-order valence-electron chi connectivity index (χ1n) is 14.6. The van der Waals surface area contributed by atoms with E-state index < -0.39 is 28.6 Å². The second kappa shape index (κ2) is 7.35. The molecule has 7 aliphatic rings. The van der Waals surface area contributed by atoms with E-state index in [1.165, 1.54) is 6.08 Å². The third-order valence-electron chi connectivity index (χ3n) is 12.5. The third-order valence-corrected chi connectivity index (χ3v) is 12.5. The molecular formula is C30H42O8. The van der Waals surface area contributed by atoms with Crippen LogP contribution in [0, 0.1) is 40.4 Å². The van der Waals surface area contributed by atoms with Gasteiger partial charge in [-0.1, -0.05) is 27.7 Å². The summed E-state index contributed by atoms with van der Waals surface area (Å²) in [5.41, 5.74) is -2.99. The van der Waals surface area contributed by atoms with Crippen LogP contribution in [-0.4, -0.2) is 45.7 Å². The van der Waals surface area contributed by atoms with Crippen LogP contribution in [0.3, 0.4) is 0 Å². The Morgan fingerprint density at radius 2 is 1.66 bits per heavy atom. The molecule has 11 atom stereocenters. The Balaban J connectivity index is 1.28. The highest BCUT2D eigenvalue weighted by Gasteiger charge is 2.75. The Hall–Kier alpha value is -1.64. The summed E-state index contributed by atoms with van der Waals surface area (Å²) in [4.78, 5) is 37.1. The third kappa shape index (κ3) is 2.98. The lowest BCUT2D eigenvalue weighted by Gasteiger charge is -2.61. The number of hydrogen-bond donors (Lipinski definition) is 1. The summed E-state index contributed by atoms with van der Waals surface area (Å²) in [6.45, 7) is 12.9. The van der Waals surface area contributed by atoms with Crippen LogP contribution in [0.15, 0.2) is 11.8 Å². The van der Waals surface area contributed by atoms with Gasteiger partial charge in [0.15, 0.2) is 5.76 Å².